The molecule has 7 heterocycles. The standard InChI is InChI=1S/C62H90N13O14P.C2H3O2.Co/c1-29-20-39-40(21-30(29)2)75(28-70-39)57-52(84)53(41(27-76)87-57)89-90(85,86)88-31(3)26-69-49(83)18-19-59(8)37(22-46(66)80)56-62(11)61(10,25-48(68)82)36(14-17-45(65)79)51(74-62)33(5)55-60(9,24-47(67)81)34(12-15-43(63)77)38(71-55)23-42-58(6,7)35(13-16-44(64)78)50(72-42)32(4)54(59)73-56;1-2(3)4;/h20-21,23,28,31,34-37,41,52-53,56-57,76,84H,12-19,22,24-27H2,1-11H3,(H15,63,64,65,66,67,68,69,71,72,73,74,77,78,79,80,81,82,83,85,86);1H2,(H,3,4);/q;-1;+3/p-2. The Labute approximate surface area is 562 Å². The summed E-state index contributed by atoms with van der Waals surface area (Å²) < 4.78 is 31.9. The van der Waals surface area contributed by atoms with Gasteiger partial charge >= 0.3 is 16.8 Å². The summed E-state index contributed by atoms with van der Waals surface area (Å²) in [6.07, 6.45) is -4.79. The van der Waals surface area contributed by atoms with Crippen molar-refractivity contribution in [1.29, 1.82) is 0 Å². The number of carbonyl (C=O) groups excluding carboxylic acids is 7. The number of aromatic nitrogens is 2. The van der Waals surface area contributed by atoms with Gasteiger partial charge in [0.15, 0.2) is 12.2 Å². The van der Waals surface area contributed by atoms with Gasteiger partial charge in [-0.3, -0.25) is 64.8 Å². The summed E-state index contributed by atoms with van der Waals surface area (Å²) in [4.78, 5) is 137. The molecule has 8 bridgehead atoms. The SMILES string of the molecule is C/C1=C2N=C(/C=C3N=C(/C(C)=C4\[N-]C(C(CC(N)=O)C4(C)CCC(=O)NCC(C)OP(=O)([O-])OC4C(CO)OC(n5cnc6cc(C)c(C)cc65)C4O)C4(C)N=C1C(CCC(N)=O)C4(C)CC(N)=O)C(CCC(N)=O)C\3(C)C)C(CCC(N)=O)C/2(C)CC(N)=O.[CH2-]C(=O)O.[Co+3]. The van der Waals surface area contributed by atoms with Crippen molar-refractivity contribution in [3.63, 3.8) is 0 Å². The number of phosphoric ester groups is 1. The number of carboxylic acid groups (broad SMARTS) is 1. The zero-order chi connectivity index (χ0) is 70.3. The summed E-state index contributed by atoms with van der Waals surface area (Å²) in [6.45, 7) is 21.5. The predicted octanol–water partition coefficient (Wildman–Crippen LogP) is 3.22. The summed E-state index contributed by atoms with van der Waals surface area (Å²) in [5.41, 5.74) is 36.7. The number of phosphoric acid groups is 1. The number of hydrogen-bond donors (Lipinski definition) is 10. The van der Waals surface area contributed by atoms with Gasteiger partial charge in [-0.25, -0.2) is 4.98 Å². The van der Waals surface area contributed by atoms with E-state index >= 15 is 0 Å². The number of aliphatic hydroxyl groups is 2. The molecule has 2 fully saturated rings. The van der Waals surface area contributed by atoms with Crippen molar-refractivity contribution >= 4 is 83.3 Å². The van der Waals surface area contributed by atoms with Crippen LogP contribution in [0.15, 0.2) is 67.8 Å². The van der Waals surface area contributed by atoms with E-state index in [0.29, 0.717) is 56.4 Å². The van der Waals surface area contributed by atoms with Crippen LogP contribution in [0.2, 0.25) is 0 Å². The van der Waals surface area contributed by atoms with Gasteiger partial charge in [0.2, 0.25) is 41.4 Å². The molecule has 8 rings (SSSR count). The molecule has 6 aliphatic heterocycles. The monoisotopic (exact) mass is 1390 g/mol. The largest absolute Gasteiger partial charge is 3.00 e. The average Bonchev–Trinajstić information content (AvgIpc) is 1.53. The summed E-state index contributed by atoms with van der Waals surface area (Å²) in [7, 11) is -5.32. The van der Waals surface area contributed by atoms with Crippen molar-refractivity contribution in [2.24, 2.45) is 94.7 Å². The molecule has 522 valence electrons. The molecule has 95 heavy (non-hydrogen) atoms. The Balaban J connectivity index is 0.00000278. The number of aryl methyl sites for hydroxylation is 2. The fraction of sp³-hybridized carbons (Fsp3) is 0.609. The Morgan fingerprint density at radius 2 is 1.37 bits per heavy atom. The van der Waals surface area contributed by atoms with E-state index in [1.807, 2.05) is 80.5 Å². The van der Waals surface area contributed by atoms with Crippen molar-refractivity contribution in [1.82, 2.24) is 14.9 Å². The van der Waals surface area contributed by atoms with Gasteiger partial charge in [0, 0.05) is 108 Å². The second-order valence-corrected chi connectivity index (χ2v) is 28.7. The number of nitrogens with two attached hydrogens (primary N) is 6. The van der Waals surface area contributed by atoms with E-state index in [-0.39, 0.29) is 94.0 Å². The molecule has 2 aromatic rings. The van der Waals surface area contributed by atoms with Crippen LogP contribution in [0.25, 0.3) is 16.4 Å². The van der Waals surface area contributed by atoms with Gasteiger partial charge in [0.25, 0.3) is 7.82 Å². The summed E-state index contributed by atoms with van der Waals surface area (Å²) in [5, 5.41) is 37.4. The number of fused-ring (bicyclic) bond motifs is 7. The van der Waals surface area contributed by atoms with Crippen LogP contribution in [0.5, 0.6) is 0 Å². The van der Waals surface area contributed by atoms with E-state index < -0.39 is 149 Å². The molecule has 1 aromatic carbocycles. The quantitative estimate of drug-likeness (QED) is 0.0477. The zero-order valence-electron chi connectivity index (χ0n) is 55.6. The van der Waals surface area contributed by atoms with E-state index in [2.05, 4.69) is 17.2 Å². The Morgan fingerprint density at radius 1 is 0.800 bits per heavy atom. The Bertz CT molecular complexity index is 3650. The fourth-order valence-corrected chi connectivity index (χ4v) is 16.4. The maximum absolute atomic E-state index is 14.4. The molecule has 31 heteroatoms. The van der Waals surface area contributed by atoms with Gasteiger partial charge in [0.1, 0.15) is 18.3 Å². The van der Waals surface area contributed by atoms with Gasteiger partial charge in [-0.2, -0.15) is 5.70 Å². The summed E-state index contributed by atoms with van der Waals surface area (Å²) >= 11 is 0. The van der Waals surface area contributed by atoms with Crippen LogP contribution >= 0.6 is 7.82 Å². The molecule has 0 aliphatic carbocycles. The van der Waals surface area contributed by atoms with Gasteiger partial charge in [-0.05, 0) is 119 Å². The number of carboxylic acids is 1. The maximum atomic E-state index is 14.4. The van der Waals surface area contributed by atoms with E-state index in [1.165, 1.54) is 17.8 Å². The van der Waals surface area contributed by atoms with Gasteiger partial charge in [-0.1, -0.05) is 40.7 Å². The number of primary amides is 6. The third kappa shape index (κ3) is 15.7. The smallest absolute Gasteiger partial charge is 0.756 e. The first-order valence-electron chi connectivity index (χ1n) is 31.3. The summed E-state index contributed by atoms with van der Waals surface area (Å²) in [5.74, 6) is -8.49. The van der Waals surface area contributed by atoms with Crippen LogP contribution in [0, 0.1) is 66.1 Å². The number of imidazole rings is 1. The van der Waals surface area contributed by atoms with E-state index in [4.69, 9.17) is 78.4 Å². The second kappa shape index (κ2) is 29.3. The maximum Gasteiger partial charge on any atom is 3.00 e. The molecular weight excluding hydrogens is 1300 g/mol. The number of ether oxygens (including phenoxy) is 1. The van der Waals surface area contributed by atoms with E-state index in [0.717, 1.165) is 11.1 Å². The number of aliphatic carboxylic acids is 1. The molecule has 2 saturated heterocycles. The Hall–Kier alpha value is -7.15. The molecule has 0 radical (unpaired) electrons. The van der Waals surface area contributed by atoms with Crippen molar-refractivity contribution in [3.05, 3.63) is 76.1 Å². The van der Waals surface area contributed by atoms with Crippen molar-refractivity contribution in [2.75, 3.05) is 13.2 Å². The third-order valence-electron chi connectivity index (χ3n) is 20.5. The number of aliphatic hydroxyl groups excluding tert-OH is 2. The molecular formula is C64H91CoN13O16P. The Morgan fingerprint density at radius 3 is 1.93 bits per heavy atom. The zero-order valence-corrected chi connectivity index (χ0v) is 57.5. The van der Waals surface area contributed by atoms with Gasteiger partial charge in [-0.15, -0.1) is 0 Å². The predicted molar refractivity (Wildman–Crippen MR) is 345 cm³/mol. The minimum atomic E-state index is -5.32. The normalized spacial score (nSPS) is 32.7. The van der Waals surface area contributed by atoms with Crippen LogP contribution in [0.3, 0.4) is 0 Å². The molecule has 16 N–H and O–H groups in total. The first-order chi connectivity index (χ1) is 43.6. The average molecular weight is 1390 g/mol. The number of amides is 7. The van der Waals surface area contributed by atoms with Crippen molar-refractivity contribution in [2.45, 2.75) is 189 Å². The van der Waals surface area contributed by atoms with Gasteiger partial charge < -0.3 is 83.6 Å². The molecule has 15 unspecified atom stereocenters. The second-order valence-electron chi connectivity index (χ2n) is 27.4. The van der Waals surface area contributed by atoms with Crippen LogP contribution in [0.1, 0.15) is 150 Å². The number of rotatable bonds is 26. The molecule has 0 saturated carbocycles. The third-order valence-corrected chi connectivity index (χ3v) is 21.6. The Kier molecular flexibility index (Phi) is 23.7. The van der Waals surface area contributed by atoms with Crippen molar-refractivity contribution < 1.29 is 93.7 Å². The van der Waals surface area contributed by atoms with E-state index in [1.54, 1.807) is 6.92 Å². The number of allylic oxidation sites excluding steroid dienone is 6. The van der Waals surface area contributed by atoms with Gasteiger partial charge in [0.05, 0.1) is 41.3 Å². The van der Waals surface area contributed by atoms with Crippen LogP contribution in [0.4, 0.5) is 0 Å². The first kappa shape index (κ1) is 76.9. The molecule has 15 atom stereocenters. The number of nitrogens with zero attached hydrogens (tertiary/aromatic N) is 6. The molecule has 6 aliphatic rings. The minimum absolute atomic E-state index is 0. The van der Waals surface area contributed by atoms with Crippen LogP contribution in [-0.2, 0) is 73.5 Å². The number of carbonyl (C=O) groups is 8. The first-order valence-corrected chi connectivity index (χ1v) is 32.7. The van der Waals surface area contributed by atoms with Crippen molar-refractivity contribution in [3.8, 4) is 0 Å². The summed E-state index contributed by atoms with van der Waals surface area (Å²) in [6, 6.07) is 2.65. The number of nitrogens with one attached hydrogen (secondary N) is 1. The molecule has 0 spiro atoms. The number of hydrogen-bond acceptors (Lipinski definition) is 19. The molecule has 29 nitrogen and oxygen atoms in total. The van der Waals surface area contributed by atoms with E-state index in [9.17, 15) is 53.2 Å². The fourth-order valence-electron chi connectivity index (χ4n) is 15.3. The molecule has 7 amide bonds. The number of benzene rings is 1. The topological polar surface area (TPSA) is 502 Å². The van der Waals surface area contributed by atoms with Crippen LogP contribution < -0.4 is 44.6 Å². The number of aliphatic imine (C=N–C) groups is 3. The minimum Gasteiger partial charge on any atom is -0.756 e. The molecule has 1 aromatic heterocycles. The van der Waals surface area contributed by atoms with Crippen LogP contribution in [-0.4, -0.2) is 138 Å².